The number of anilines is 1. The van der Waals surface area contributed by atoms with Crippen LogP contribution in [-0.2, 0) is 44.7 Å². The zero-order valence-corrected chi connectivity index (χ0v) is 36.5. The van der Waals surface area contributed by atoms with E-state index in [1.54, 1.807) is 36.4 Å². The van der Waals surface area contributed by atoms with Gasteiger partial charge in [0.15, 0.2) is 17.7 Å². The van der Waals surface area contributed by atoms with E-state index in [-0.39, 0.29) is 48.3 Å². The van der Waals surface area contributed by atoms with E-state index in [0.717, 1.165) is 41.0 Å². The van der Waals surface area contributed by atoms with E-state index in [0.29, 0.717) is 29.7 Å². The topological polar surface area (TPSA) is 221 Å². The molecule has 5 amide bonds. The second kappa shape index (κ2) is 17.0. The molecule has 64 heavy (non-hydrogen) atoms. The van der Waals surface area contributed by atoms with E-state index >= 15 is 0 Å². The number of nitrogens with zero attached hydrogens (tertiary/aromatic N) is 1. The Labute approximate surface area is 371 Å². The normalized spacial score (nSPS) is 32.2. The molecule has 0 bridgehead atoms. The number of hydrogen-bond donors (Lipinski definition) is 6. The molecule has 4 fully saturated rings. The Morgan fingerprint density at radius 3 is 2.44 bits per heavy atom. The zero-order valence-electron chi connectivity index (χ0n) is 36.5. The molecule has 4 aliphatic carbocycles. The minimum absolute atomic E-state index is 0.000535. The van der Waals surface area contributed by atoms with Crippen LogP contribution >= 0.6 is 0 Å². The van der Waals surface area contributed by atoms with Crippen LogP contribution in [0.2, 0.25) is 0 Å². The molecule has 8 rings (SSSR count). The molecule has 2 unspecified atom stereocenters. The van der Waals surface area contributed by atoms with Crippen LogP contribution in [-0.4, -0.2) is 98.6 Å². The number of Topliss-reactive ketones (excluding diaryl/α,β-unsaturated/α-hetero) is 1. The zero-order chi connectivity index (χ0) is 45.9. The summed E-state index contributed by atoms with van der Waals surface area (Å²) in [5.74, 6) is -3.14. The lowest BCUT2D eigenvalue weighted by Gasteiger charge is -2.59. The molecule has 2 aromatic rings. The van der Waals surface area contributed by atoms with Crippen molar-refractivity contribution >= 4 is 41.0 Å². The predicted octanol–water partition coefficient (Wildman–Crippen LogP) is 3.84. The average molecular weight is 877 g/mol. The number of aromatic hydroxyl groups is 1. The first kappa shape index (κ1) is 44.9. The van der Waals surface area contributed by atoms with Gasteiger partial charge in [-0.15, -0.1) is 0 Å². The molecule has 11 atom stereocenters. The van der Waals surface area contributed by atoms with Gasteiger partial charge < -0.3 is 40.7 Å². The number of phenolic OH excluding ortho intramolecular Hbond substituents is 1. The van der Waals surface area contributed by atoms with Crippen LogP contribution in [0, 0.1) is 28.6 Å². The van der Waals surface area contributed by atoms with Crippen molar-refractivity contribution in [1.29, 1.82) is 0 Å². The highest BCUT2D eigenvalue weighted by molar-refractivity contribution is 6.13. The van der Waals surface area contributed by atoms with Crippen LogP contribution in [0.25, 0.3) is 0 Å². The van der Waals surface area contributed by atoms with Gasteiger partial charge in [-0.25, -0.2) is 0 Å². The summed E-state index contributed by atoms with van der Waals surface area (Å²) >= 11 is 0. The summed E-state index contributed by atoms with van der Waals surface area (Å²) in [5.41, 5.74) is 1.85. The van der Waals surface area contributed by atoms with E-state index < -0.39 is 83.5 Å². The summed E-state index contributed by atoms with van der Waals surface area (Å²) in [6, 6.07) is 10.1. The quantitative estimate of drug-likeness (QED) is 0.159. The molecule has 0 spiro atoms. The molecule has 15 nitrogen and oxygen atoms in total. The van der Waals surface area contributed by atoms with Gasteiger partial charge in [0.2, 0.25) is 17.7 Å². The molecule has 15 heteroatoms. The number of phenols is 1. The van der Waals surface area contributed by atoms with E-state index in [1.165, 1.54) is 19.4 Å². The number of ketones is 1. The minimum Gasteiger partial charge on any atom is -0.508 e. The average Bonchev–Trinajstić information content (AvgIpc) is 3.88. The highest BCUT2D eigenvalue weighted by Gasteiger charge is 2.76. The molecule has 6 N–H and O–H groups in total. The number of rotatable bonds is 13. The molecule has 6 aliphatic rings. The molecule has 2 aliphatic heterocycles. The van der Waals surface area contributed by atoms with Gasteiger partial charge in [0, 0.05) is 59.5 Å². The fourth-order valence-corrected chi connectivity index (χ4v) is 11.7. The van der Waals surface area contributed by atoms with Gasteiger partial charge in [0.1, 0.15) is 24.4 Å². The van der Waals surface area contributed by atoms with Gasteiger partial charge in [-0.1, -0.05) is 68.5 Å². The molecule has 0 radical (unpaired) electrons. The number of hydrogen-bond acceptors (Lipinski definition) is 11. The molecular formula is C49H56N4O11. The highest BCUT2D eigenvalue weighted by Crippen LogP contribution is 2.70. The van der Waals surface area contributed by atoms with Gasteiger partial charge >= 0.3 is 0 Å². The first-order valence-corrected chi connectivity index (χ1v) is 22.0. The van der Waals surface area contributed by atoms with E-state index in [1.807, 2.05) is 19.1 Å². The maximum atomic E-state index is 14.0. The van der Waals surface area contributed by atoms with Crippen LogP contribution in [0.5, 0.6) is 5.75 Å². The van der Waals surface area contributed by atoms with Crippen molar-refractivity contribution in [3.63, 3.8) is 0 Å². The first-order chi connectivity index (χ1) is 30.4. The molecule has 1 saturated heterocycles. The third-order valence-corrected chi connectivity index (χ3v) is 14.8. The maximum absolute atomic E-state index is 14.0. The van der Waals surface area contributed by atoms with Crippen molar-refractivity contribution in [2.45, 2.75) is 102 Å². The van der Waals surface area contributed by atoms with Gasteiger partial charge in [0.05, 0.1) is 12.2 Å². The lowest BCUT2D eigenvalue weighted by atomic mass is 9.46. The Morgan fingerprint density at radius 1 is 0.984 bits per heavy atom. The second-order valence-corrected chi connectivity index (χ2v) is 18.7. The third-order valence-electron chi connectivity index (χ3n) is 14.8. The summed E-state index contributed by atoms with van der Waals surface area (Å²) in [6.07, 6.45) is 8.85. The largest absolute Gasteiger partial charge is 0.508 e. The molecule has 2 heterocycles. The number of imide groups is 1. The lowest BCUT2D eigenvalue weighted by molar-refractivity contribution is -0.201. The number of carbonyl (C=O) groups is 6. The van der Waals surface area contributed by atoms with Gasteiger partial charge in [-0.2, -0.15) is 0 Å². The van der Waals surface area contributed by atoms with Crippen molar-refractivity contribution < 1.29 is 53.6 Å². The minimum atomic E-state index is -1.50. The number of carbonyl (C=O) groups excluding carboxylic acids is 6. The molecule has 2 aromatic carbocycles. The van der Waals surface area contributed by atoms with Crippen molar-refractivity contribution in [1.82, 2.24) is 15.5 Å². The van der Waals surface area contributed by atoms with Gasteiger partial charge in [-0.3, -0.25) is 33.7 Å². The SMILES string of the molecule is C=C1C=C[C@@]2(C)C(=C1)CC[C@@H]1[C@@H]2[C@@H](O)C[C@@]2(C)[C@H]1CC1OC(c3ccc(Cc4cccc(NC(=O)[C@H](C)NC(=O)[C@H](C)NC(=O)CCN5C(=O)C=CC5=O)c4)c(O)c3)O[C@]12C(=O)CO. The predicted molar refractivity (Wildman–Crippen MR) is 233 cm³/mol. The van der Waals surface area contributed by atoms with Crippen LogP contribution < -0.4 is 16.0 Å². The number of aliphatic hydroxyl groups is 2. The smallest absolute Gasteiger partial charge is 0.253 e. The Hall–Kier alpha value is -5.74. The van der Waals surface area contributed by atoms with Gasteiger partial charge in [0.25, 0.3) is 11.8 Å². The number of benzene rings is 2. The standard InChI is InChI=1S/C49H56N4O11/c1-26-15-17-47(4)32(19-26)11-12-34-35-23-39-49(38(57)25-54,48(35,5)24-37(56)43(34)47)64-46(63-39)31-10-9-30(36(55)22-31)20-29-7-6-8-33(21-29)52-45(62)28(3)51-44(61)27(2)50-40(58)16-18-53-41(59)13-14-42(53)60/h6-10,13-15,17,19,21-22,27-28,34-35,37,39,43,46,54-56H,1,11-12,16,18,20,23-25H2,2-5H3,(H,50,58)(H,51,61)(H,52,62)/t27-,28-,34-,35-,37-,39?,43+,46?,47-,48-,49+/m0/s1. The van der Waals surface area contributed by atoms with Crippen LogP contribution in [0.3, 0.4) is 0 Å². The van der Waals surface area contributed by atoms with E-state index in [9.17, 15) is 44.1 Å². The monoisotopic (exact) mass is 876 g/mol. The summed E-state index contributed by atoms with van der Waals surface area (Å²) in [7, 11) is 0. The van der Waals surface area contributed by atoms with E-state index in [4.69, 9.17) is 9.47 Å². The lowest BCUT2D eigenvalue weighted by Crippen LogP contribution is -2.63. The van der Waals surface area contributed by atoms with E-state index in [2.05, 4.69) is 41.6 Å². The van der Waals surface area contributed by atoms with Crippen LogP contribution in [0.1, 0.15) is 82.8 Å². The maximum Gasteiger partial charge on any atom is 0.253 e. The molecular weight excluding hydrogens is 821 g/mol. The number of fused-ring (bicyclic) bond motifs is 7. The number of aliphatic hydroxyl groups excluding tert-OH is 2. The van der Waals surface area contributed by atoms with Crippen molar-refractivity contribution in [2.75, 3.05) is 18.5 Å². The number of ether oxygens (including phenoxy) is 2. The highest BCUT2D eigenvalue weighted by atomic mass is 16.7. The Morgan fingerprint density at radius 2 is 1.72 bits per heavy atom. The summed E-state index contributed by atoms with van der Waals surface area (Å²) in [4.78, 5) is 76.6. The summed E-state index contributed by atoms with van der Waals surface area (Å²) in [6.45, 7) is 10.4. The molecule has 0 aromatic heterocycles. The third kappa shape index (κ3) is 7.71. The first-order valence-electron chi connectivity index (χ1n) is 22.0. The number of allylic oxidation sites excluding steroid dienone is 5. The van der Waals surface area contributed by atoms with Crippen molar-refractivity contribution in [2.24, 2.45) is 28.6 Å². The summed E-state index contributed by atoms with van der Waals surface area (Å²) in [5, 5.41) is 41.6. The van der Waals surface area contributed by atoms with Crippen molar-refractivity contribution in [3.05, 3.63) is 107 Å². The Kier molecular flexibility index (Phi) is 11.9. The molecule has 3 saturated carbocycles. The van der Waals surface area contributed by atoms with Crippen LogP contribution in [0.15, 0.2) is 90.6 Å². The fourth-order valence-electron chi connectivity index (χ4n) is 11.7. The molecule has 338 valence electrons. The number of nitrogens with one attached hydrogen (secondary N) is 3. The number of amides is 5. The second-order valence-electron chi connectivity index (χ2n) is 18.7. The summed E-state index contributed by atoms with van der Waals surface area (Å²) < 4.78 is 13.3. The fraction of sp³-hybridized carbons (Fsp3) is 0.469. The Bertz CT molecular complexity index is 2390. The Balaban J connectivity index is 0.887. The van der Waals surface area contributed by atoms with Crippen LogP contribution in [0.4, 0.5) is 5.69 Å². The van der Waals surface area contributed by atoms with Gasteiger partial charge in [-0.05, 0) is 86.3 Å². The van der Waals surface area contributed by atoms with Crippen molar-refractivity contribution in [3.8, 4) is 5.75 Å².